The van der Waals surface area contributed by atoms with E-state index in [0.29, 0.717) is 24.2 Å². The first-order chi connectivity index (χ1) is 11.7. The fourth-order valence-corrected chi connectivity index (χ4v) is 2.32. The number of nitrogens with one attached hydrogen (secondary N) is 1. The Bertz CT molecular complexity index is 839. The van der Waals surface area contributed by atoms with Gasteiger partial charge in [-0.05, 0) is 31.2 Å². The molecule has 1 aromatic carbocycles. The molecule has 0 aliphatic rings. The summed E-state index contributed by atoms with van der Waals surface area (Å²) in [5, 5.41) is 11.3. The molecule has 6 nitrogen and oxygen atoms in total. The van der Waals surface area contributed by atoms with Crippen LogP contribution in [0.3, 0.4) is 0 Å². The van der Waals surface area contributed by atoms with Gasteiger partial charge in [-0.1, -0.05) is 6.07 Å². The molecule has 3 rings (SSSR count). The van der Waals surface area contributed by atoms with E-state index in [1.54, 1.807) is 40.1 Å². The summed E-state index contributed by atoms with van der Waals surface area (Å²) in [5.41, 5.74) is 2.03. The van der Waals surface area contributed by atoms with Gasteiger partial charge in [0, 0.05) is 31.9 Å². The Hall–Kier alpha value is -2.96. The highest BCUT2D eigenvalue weighted by Crippen LogP contribution is 2.09. The standard InChI is InChI=1S/C17H18FN5O/c1-2-22-12-13(11-20-22)17(24)19-8-6-15-7-9-23(21-15)16-5-3-4-14(18)10-16/h3-5,7,9-12H,2,6,8H2,1H3,(H,19,24). The molecule has 2 aromatic heterocycles. The van der Waals surface area contributed by atoms with E-state index in [1.165, 1.54) is 12.1 Å². The second kappa shape index (κ2) is 7.08. The van der Waals surface area contributed by atoms with Crippen molar-refractivity contribution in [2.45, 2.75) is 19.9 Å². The van der Waals surface area contributed by atoms with Gasteiger partial charge in [0.05, 0.1) is 23.1 Å². The zero-order chi connectivity index (χ0) is 16.9. The third-order valence-electron chi connectivity index (χ3n) is 3.60. The number of nitrogens with zero attached hydrogens (tertiary/aromatic N) is 4. The average molecular weight is 327 g/mol. The summed E-state index contributed by atoms with van der Waals surface area (Å²) < 4.78 is 16.6. The molecule has 0 aliphatic carbocycles. The molecule has 7 heteroatoms. The third-order valence-corrected chi connectivity index (χ3v) is 3.60. The van der Waals surface area contributed by atoms with Crippen LogP contribution in [0.2, 0.25) is 0 Å². The largest absolute Gasteiger partial charge is 0.352 e. The highest BCUT2D eigenvalue weighted by atomic mass is 19.1. The van der Waals surface area contributed by atoms with E-state index in [4.69, 9.17) is 0 Å². The van der Waals surface area contributed by atoms with Gasteiger partial charge in [-0.3, -0.25) is 9.48 Å². The van der Waals surface area contributed by atoms with Crippen LogP contribution in [0.25, 0.3) is 5.69 Å². The summed E-state index contributed by atoms with van der Waals surface area (Å²) in [6.45, 7) is 3.16. The molecule has 1 amide bonds. The maximum atomic E-state index is 13.2. The highest BCUT2D eigenvalue weighted by molar-refractivity contribution is 5.93. The number of amides is 1. The molecule has 2 heterocycles. The minimum Gasteiger partial charge on any atom is -0.352 e. The summed E-state index contributed by atoms with van der Waals surface area (Å²) >= 11 is 0. The fourth-order valence-electron chi connectivity index (χ4n) is 2.32. The van der Waals surface area contributed by atoms with E-state index in [0.717, 1.165) is 12.2 Å². The molecule has 24 heavy (non-hydrogen) atoms. The van der Waals surface area contributed by atoms with Gasteiger partial charge in [-0.25, -0.2) is 9.07 Å². The van der Waals surface area contributed by atoms with Gasteiger partial charge < -0.3 is 5.32 Å². The number of halogens is 1. The molecular formula is C17H18FN5O. The highest BCUT2D eigenvalue weighted by Gasteiger charge is 2.08. The molecule has 1 N–H and O–H groups in total. The molecule has 0 radical (unpaired) electrons. The van der Waals surface area contributed by atoms with Crippen LogP contribution in [-0.4, -0.2) is 32.0 Å². The van der Waals surface area contributed by atoms with Crippen LogP contribution in [0.5, 0.6) is 0 Å². The second-order valence-corrected chi connectivity index (χ2v) is 5.32. The van der Waals surface area contributed by atoms with Gasteiger partial charge in [0.15, 0.2) is 0 Å². The van der Waals surface area contributed by atoms with Crippen molar-refractivity contribution in [1.82, 2.24) is 24.9 Å². The number of carbonyl (C=O) groups excluding carboxylic acids is 1. The lowest BCUT2D eigenvalue weighted by atomic mass is 10.3. The van der Waals surface area contributed by atoms with Crippen molar-refractivity contribution in [3.8, 4) is 5.69 Å². The van der Waals surface area contributed by atoms with Crippen molar-refractivity contribution in [2.24, 2.45) is 0 Å². The maximum Gasteiger partial charge on any atom is 0.254 e. The Labute approximate surface area is 138 Å². The van der Waals surface area contributed by atoms with Crippen LogP contribution in [0.1, 0.15) is 23.0 Å². The molecule has 0 saturated carbocycles. The van der Waals surface area contributed by atoms with Gasteiger partial charge in [0.2, 0.25) is 0 Å². The number of aromatic nitrogens is 4. The van der Waals surface area contributed by atoms with Crippen LogP contribution in [-0.2, 0) is 13.0 Å². The monoisotopic (exact) mass is 327 g/mol. The normalized spacial score (nSPS) is 10.8. The lowest BCUT2D eigenvalue weighted by molar-refractivity contribution is 0.0954. The minimum atomic E-state index is -0.301. The number of benzene rings is 1. The molecule has 0 atom stereocenters. The number of rotatable bonds is 6. The van der Waals surface area contributed by atoms with Gasteiger partial charge >= 0.3 is 0 Å². The van der Waals surface area contributed by atoms with E-state index >= 15 is 0 Å². The van der Waals surface area contributed by atoms with E-state index in [9.17, 15) is 9.18 Å². The summed E-state index contributed by atoms with van der Waals surface area (Å²) in [4.78, 5) is 12.0. The lowest BCUT2D eigenvalue weighted by Crippen LogP contribution is -2.25. The number of hydrogen-bond donors (Lipinski definition) is 1. The summed E-state index contributed by atoms with van der Waals surface area (Å²) in [6.07, 6.45) is 5.64. The van der Waals surface area contributed by atoms with Gasteiger partial charge in [-0.2, -0.15) is 10.2 Å². The van der Waals surface area contributed by atoms with Gasteiger partial charge in [0.1, 0.15) is 5.82 Å². The van der Waals surface area contributed by atoms with Crippen LogP contribution in [0.4, 0.5) is 4.39 Å². The first-order valence-corrected chi connectivity index (χ1v) is 7.77. The minimum absolute atomic E-state index is 0.153. The Morgan fingerprint density at radius 1 is 1.33 bits per heavy atom. The molecule has 0 fully saturated rings. The first-order valence-electron chi connectivity index (χ1n) is 7.77. The number of hydrogen-bond acceptors (Lipinski definition) is 3. The summed E-state index contributed by atoms with van der Waals surface area (Å²) in [5.74, 6) is -0.455. The predicted octanol–water partition coefficient (Wildman–Crippen LogP) is 2.20. The van der Waals surface area contributed by atoms with Crippen molar-refractivity contribution in [3.63, 3.8) is 0 Å². The van der Waals surface area contributed by atoms with E-state index in [2.05, 4.69) is 15.5 Å². The Morgan fingerprint density at radius 3 is 2.96 bits per heavy atom. The van der Waals surface area contributed by atoms with E-state index < -0.39 is 0 Å². The lowest BCUT2D eigenvalue weighted by Gasteiger charge is -2.02. The zero-order valence-electron chi connectivity index (χ0n) is 13.3. The molecule has 3 aromatic rings. The smallest absolute Gasteiger partial charge is 0.254 e. The van der Waals surface area contributed by atoms with Crippen molar-refractivity contribution in [2.75, 3.05) is 6.54 Å². The molecular weight excluding hydrogens is 309 g/mol. The van der Waals surface area contributed by atoms with E-state index in [1.807, 2.05) is 13.0 Å². The fraction of sp³-hybridized carbons (Fsp3) is 0.235. The number of carbonyl (C=O) groups is 1. The molecule has 0 saturated heterocycles. The molecule has 0 unspecified atom stereocenters. The molecule has 0 spiro atoms. The van der Waals surface area contributed by atoms with Crippen molar-refractivity contribution in [1.29, 1.82) is 0 Å². The number of aryl methyl sites for hydroxylation is 1. The van der Waals surface area contributed by atoms with Crippen molar-refractivity contribution < 1.29 is 9.18 Å². The molecule has 0 bridgehead atoms. The van der Waals surface area contributed by atoms with Gasteiger partial charge in [-0.15, -0.1) is 0 Å². The van der Waals surface area contributed by atoms with Crippen LogP contribution in [0, 0.1) is 5.82 Å². The SMILES string of the molecule is CCn1cc(C(=O)NCCc2ccn(-c3cccc(F)c3)n2)cn1. The predicted molar refractivity (Wildman–Crippen MR) is 87.5 cm³/mol. The Balaban J connectivity index is 1.55. The topological polar surface area (TPSA) is 64.7 Å². The Morgan fingerprint density at radius 2 is 2.21 bits per heavy atom. The van der Waals surface area contributed by atoms with Crippen molar-refractivity contribution in [3.05, 3.63) is 66.0 Å². The van der Waals surface area contributed by atoms with Crippen molar-refractivity contribution >= 4 is 5.91 Å². The quantitative estimate of drug-likeness (QED) is 0.755. The van der Waals surface area contributed by atoms with Crippen LogP contribution < -0.4 is 5.32 Å². The zero-order valence-corrected chi connectivity index (χ0v) is 13.3. The van der Waals surface area contributed by atoms with E-state index in [-0.39, 0.29) is 11.7 Å². The first kappa shape index (κ1) is 15.9. The van der Waals surface area contributed by atoms with Crippen LogP contribution in [0.15, 0.2) is 48.9 Å². The average Bonchev–Trinajstić information content (AvgIpc) is 3.24. The van der Waals surface area contributed by atoms with Gasteiger partial charge in [0.25, 0.3) is 5.91 Å². The molecule has 0 aliphatic heterocycles. The summed E-state index contributed by atoms with van der Waals surface area (Å²) in [6, 6.07) is 8.09. The van der Waals surface area contributed by atoms with Crippen LogP contribution >= 0.6 is 0 Å². The molecule has 124 valence electrons. The third kappa shape index (κ3) is 3.68. The maximum absolute atomic E-state index is 13.2. The Kier molecular flexibility index (Phi) is 4.69. The summed E-state index contributed by atoms with van der Waals surface area (Å²) in [7, 11) is 0. The second-order valence-electron chi connectivity index (χ2n) is 5.32.